The minimum Gasteiger partial charge on any atom is -0.390 e. The molecule has 0 aromatic rings. The summed E-state index contributed by atoms with van der Waals surface area (Å²) >= 11 is 0. The summed E-state index contributed by atoms with van der Waals surface area (Å²) in [5, 5.41) is 20.5. The van der Waals surface area contributed by atoms with Gasteiger partial charge in [0.05, 0.1) is 25.4 Å². The van der Waals surface area contributed by atoms with Crippen LogP contribution in [-0.4, -0.2) is 73.6 Å². The number of ether oxygens (including phenoxy) is 5. The molecule has 0 bridgehead atoms. The number of hydrogen-bond acceptors (Lipinski definition) is 7. The summed E-state index contributed by atoms with van der Waals surface area (Å²) in [5.41, 5.74) is 0. The first-order valence-corrected chi connectivity index (χ1v) is 11.4. The average Bonchev–Trinajstić information content (AvgIpc) is 2.71. The summed E-state index contributed by atoms with van der Waals surface area (Å²) in [7, 11) is 0. The van der Waals surface area contributed by atoms with E-state index in [0.717, 1.165) is 25.7 Å². The van der Waals surface area contributed by atoms with Crippen LogP contribution in [0.15, 0.2) is 0 Å². The van der Waals surface area contributed by atoms with Crippen molar-refractivity contribution in [3.63, 3.8) is 0 Å². The van der Waals surface area contributed by atoms with Crippen LogP contribution in [-0.2, 0) is 23.7 Å². The van der Waals surface area contributed by atoms with Gasteiger partial charge in [0.1, 0.15) is 12.2 Å². The van der Waals surface area contributed by atoms with Crippen molar-refractivity contribution in [1.29, 1.82) is 0 Å². The summed E-state index contributed by atoms with van der Waals surface area (Å²) in [6.07, 6.45) is 1.99. The minimum absolute atomic E-state index is 0.192. The van der Waals surface area contributed by atoms with Crippen LogP contribution < -0.4 is 0 Å². The summed E-state index contributed by atoms with van der Waals surface area (Å²) in [6, 6.07) is 0. The van der Waals surface area contributed by atoms with Gasteiger partial charge >= 0.3 is 0 Å². The van der Waals surface area contributed by atoms with Gasteiger partial charge in [-0.1, -0.05) is 40.5 Å². The summed E-state index contributed by atoms with van der Waals surface area (Å²) < 4.78 is 28.7. The van der Waals surface area contributed by atoms with Crippen LogP contribution in [0.5, 0.6) is 0 Å². The molecule has 2 N–H and O–H groups in total. The maximum Gasteiger partial charge on any atom is 0.155 e. The Morgan fingerprint density at radius 3 is 1.34 bits per heavy atom. The Labute approximate surface area is 178 Å². The van der Waals surface area contributed by atoms with Gasteiger partial charge < -0.3 is 33.9 Å². The van der Waals surface area contributed by atoms with E-state index in [1.165, 1.54) is 0 Å². The molecule has 0 rings (SSSR count). The Morgan fingerprint density at radius 2 is 1.03 bits per heavy atom. The number of rotatable bonds is 20. The van der Waals surface area contributed by atoms with Crippen molar-refractivity contribution in [2.24, 2.45) is 0 Å². The van der Waals surface area contributed by atoms with E-state index in [2.05, 4.69) is 13.8 Å². The highest BCUT2D eigenvalue weighted by atomic mass is 16.7. The van der Waals surface area contributed by atoms with Gasteiger partial charge in [0.25, 0.3) is 0 Å². The molecule has 6 unspecified atom stereocenters. The standard InChI is InChI=1S/C22H46O7/c1-7-11-13-26-17(5)28-21(19(23)9-3)15-25-16-22(20(24)10-4)29-18(6)27-14-12-8-2/h17-24H,7-16H2,1-6H3. The number of aliphatic hydroxyl groups is 2. The van der Waals surface area contributed by atoms with E-state index in [1.54, 1.807) is 0 Å². The van der Waals surface area contributed by atoms with Crippen molar-refractivity contribution in [1.82, 2.24) is 0 Å². The van der Waals surface area contributed by atoms with Crippen LogP contribution in [0.25, 0.3) is 0 Å². The highest BCUT2D eigenvalue weighted by molar-refractivity contribution is 4.71. The largest absolute Gasteiger partial charge is 0.390 e. The van der Waals surface area contributed by atoms with Gasteiger partial charge in [-0.15, -0.1) is 0 Å². The van der Waals surface area contributed by atoms with E-state index >= 15 is 0 Å². The average molecular weight is 423 g/mol. The molecule has 0 fully saturated rings. The van der Waals surface area contributed by atoms with Crippen molar-refractivity contribution in [2.75, 3.05) is 26.4 Å². The zero-order valence-electron chi connectivity index (χ0n) is 19.5. The summed E-state index contributed by atoms with van der Waals surface area (Å²) in [4.78, 5) is 0. The van der Waals surface area contributed by atoms with Crippen molar-refractivity contribution in [2.45, 2.75) is 117 Å². The fourth-order valence-corrected chi connectivity index (χ4v) is 2.67. The van der Waals surface area contributed by atoms with Crippen molar-refractivity contribution >= 4 is 0 Å². The Hall–Kier alpha value is -0.280. The molecule has 0 radical (unpaired) electrons. The van der Waals surface area contributed by atoms with E-state index in [4.69, 9.17) is 23.7 Å². The smallest absolute Gasteiger partial charge is 0.155 e. The first-order chi connectivity index (χ1) is 13.9. The van der Waals surface area contributed by atoms with Gasteiger partial charge in [0.2, 0.25) is 0 Å². The molecule has 29 heavy (non-hydrogen) atoms. The second-order valence-electron chi connectivity index (χ2n) is 7.42. The number of aliphatic hydroxyl groups excluding tert-OH is 2. The Kier molecular flexibility index (Phi) is 18.3. The monoisotopic (exact) mass is 422 g/mol. The molecule has 6 atom stereocenters. The lowest BCUT2D eigenvalue weighted by molar-refractivity contribution is -0.214. The zero-order chi connectivity index (χ0) is 22.1. The predicted molar refractivity (Wildman–Crippen MR) is 114 cm³/mol. The lowest BCUT2D eigenvalue weighted by Crippen LogP contribution is -2.40. The predicted octanol–water partition coefficient (Wildman–Crippen LogP) is 3.64. The third kappa shape index (κ3) is 14.4. The molecular weight excluding hydrogens is 376 g/mol. The highest BCUT2D eigenvalue weighted by Gasteiger charge is 2.25. The van der Waals surface area contributed by atoms with Gasteiger partial charge in [-0.25, -0.2) is 0 Å². The fourth-order valence-electron chi connectivity index (χ4n) is 2.67. The summed E-state index contributed by atoms with van der Waals surface area (Å²) in [6.45, 7) is 13.3. The van der Waals surface area contributed by atoms with Crippen LogP contribution in [0.2, 0.25) is 0 Å². The maximum atomic E-state index is 10.3. The SMILES string of the molecule is CCCCOC(C)OC(COCC(OC(C)OCCCC)C(O)CC)C(O)CC. The Balaban J connectivity index is 4.56. The molecule has 0 heterocycles. The molecule has 176 valence electrons. The first-order valence-electron chi connectivity index (χ1n) is 11.4. The molecular formula is C22H46O7. The molecule has 7 heteroatoms. The minimum atomic E-state index is -0.654. The molecule has 0 aliphatic rings. The van der Waals surface area contributed by atoms with Gasteiger partial charge in [-0.05, 0) is 39.5 Å². The van der Waals surface area contributed by atoms with Crippen LogP contribution in [0.1, 0.15) is 80.1 Å². The van der Waals surface area contributed by atoms with E-state index in [-0.39, 0.29) is 13.2 Å². The zero-order valence-corrected chi connectivity index (χ0v) is 19.5. The van der Waals surface area contributed by atoms with Crippen molar-refractivity contribution in [3.8, 4) is 0 Å². The second kappa shape index (κ2) is 18.5. The van der Waals surface area contributed by atoms with Crippen LogP contribution in [0.4, 0.5) is 0 Å². The molecule has 0 amide bonds. The normalized spacial score (nSPS) is 18.2. The molecule has 0 aromatic carbocycles. The number of unbranched alkanes of at least 4 members (excludes halogenated alkanes) is 2. The molecule has 0 saturated carbocycles. The Morgan fingerprint density at radius 1 is 0.655 bits per heavy atom. The van der Waals surface area contributed by atoms with Crippen molar-refractivity contribution in [3.05, 3.63) is 0 Å². The molecule has 7 nitrogen and oxygen atoms in total. The van der Waals surface area contributed by atoms with E-state index in [1.807, 2.05) is 27.7 Å². The fraction of sp³-hybridized carbons (Fsp3) is 1.00. The number of hydrogen-bond donors (Lipinski definition) is 2. The van der Waals surface area contributed by atoms with Gasteiger partial charge in [-0.2, -0.15) is 0 Å². The van der Waals surface area contributed by atoms with E-state index in [9.17, 15) is 10.2 Å². The van der Waals surface area contributed by atoms with Gasteiger partial charge in [0.15, 0.2) is 12.6 Å². The third-order valence-electron chi connectivity index (χ3n) is 4.69. The molecule has 0 spiro atoms. The molecule has 0 aliphatic heterocycles. The third-order valence-corrected chi connectivity index (χ3v) is 4.69. The van der Waals surface area contributed by atoms with E-state index in [0.29, 0.717) is 26.1 Å². The van der Waals surface area contributed by atoms with Gasteiger partial charge in [0, 0.05) is 13.2 Å². The van der Waals surface area contributed by atoms with Gasteiger partial charge in [-0.3, -0.25) is 0 Å². The lowest BCUT2D eigenvalue weighted by Gasteiger charge is -2.29. The van der Waals surface area contributed by atoms with Crippen LogP contribution in [0, 0.1) is 0 Å². The lowest BCUT2D eigenvalue weighted by atomic mass is 10.1. The molecule has 0 saturated heterocycles. The molecule has 0 aromatic heterocycles. The first kappa shape index (κ1) is 28.7. The second-order valence-corrected chi connectivity index (χ2v) is 7.42. The topological polar surface area (TPSA) is 86.6 Å². The molecule has 0 aliphatic carbocycles. The summed E-state index contributed by atoms with van der Waals surface area (Å²) in [5.74, 6) is 0. The van der Waals surface area contributed by atoms with E-state index < -0.39 is 37.0 Å². The Bertz CT molecular complexity index is 324. The van der Waals surface area contributed by atoms with Crippen molar-refractivity contribution < 1.29 is 33.9 Å². The van der Waals surface area contributed by atoms with Crippen LogP contribution in [0.3, 0.4) is 0 Å². The van der Waals surface area contributed by atoms with Crippen LogP contribution >= 0.6 is 0 Å². The quantitative estimate of drug-likeness (QED) is 0.229. The highest BCUT2D eigenvalue weighted by Crippen LogP contribution is 2.13. The maximum absolute atomic E-state index is 10.3.